The molecule has 0 amide bonds. The minimum absolute atomic E-state index is 0.163. The van der Waals surface area contributed by atoms with Crippen LogP contribution in [0.5, 0.6) is 5.75 Å². The molecule has 0 saturated heterocycles. The summed E-state index contributed by atoms with van der Waals surface area (Å²) in [6.07, 6.45) is 13.7. The van der Waals surface area contributed by atoms with Crippen LogP contribution in [0.3, 0.4) is 0 Å². The molecule has 37 heavy (non-hydrogen) atoms. The molecular weight excluding hydrogens is 496 g/mol. The van der Waals surface area contributed by atoms with Crippen molar-refractivity contribution in [2.45, 2.75) is 77.2 Å². The first kappa shape index (κ1) is 28.9. The number of carbonyl (C=O) groups excluding carboxylic acids is 1. The maximum atomic E-state index is 11.7. The molecule has 0 aliphatic rings. The molecule has 0 fully saturated rings. The molecule has 2 aromatic heterocycles. The molecular formula is C32H40O3S2. The van der Waals surface area contributed by atoms with Crippen molar-refractivity contribution in [1.82, 2.24) is 0 Å². The molecule has 3 rings (SSSR count). The number of thiophene rings is 2. The third kappa shape index (κ3) is 10.3. The van der Waals surface area contributed by atoms with Crippen LogP contribution in [0.1, 0.15) is 69.1 Å². The van der Waals surface area contributed by atoms with Crippen LogP contribution >= 0.6 is 22.7 Å². The first-order valence-corrected chi connectivity index (χ1v) is 15.1. The Morgan fingerprint density at radius 1 is 0.757 bits per heavy atom. The predicted octanol–water partition coefficient (Wildman–Crippen LogP) is 10.0. The van der Waals surface area contributed by atoms with E-state index in [0.29, 0.717) is 6.42 Å². The molecule has 1 aromatic carbocycles. The summed E-state index contributed by atoms with van der Waals surface area (Å²) in [5, 5.41) is 0. The number of unbranched alkanes of at least 4 members (excludes halogenated alkanes) is 8. The second-order valence-corrected chi connectivity index (χ2v) is 11.7. The van der Waals surface area contributed by atoms with Gasteiger partial charge >= 0.3 is 5.97 Å². The van der Waals surface area contributed by atoms with Crippen LogP contribution in [-0.4, -0.2) is 18.7 Å². The van der Waals surface area contributed by atoms with Crippen LogP contribution in [0.25, 0.3) is 20.2 Å². The van der Waals surface area contributed by atoms with Gasteiger partial charge in [0.25, 0.3) is 0 Å². The number of hydrogen-bond donors (Lipinski definition) is 0. The highest BCUT2D eigenvalue weighted by molar-refractivity contribution is 7.23. The summed E-state index contributed by atoms with van der Waals surface area (Å²) < 4.78 is 11.2. The molecule has 0 atom stereocenters. The van der Waals surface area contributed by atoms with Crippen LogP contribution in [0, 0.1) is 6.92 Å². The third-order valence-corrected chi connectivity index (χ3v) is 8.58. The molecule has 0 N–H and O–H groups in total. The number of ether oxygens (including phenoxy) is 2. The third-order valence-electron chi connectivity index (χ3n) is 6.25. The van der Waals surface area contributed by atoms with Gasteiger partial charge in [-0.2, -0.15) is 0 Å². The zero-order valence-electron chi connectivity index (χ0n) is 22.1. The summed E-state index contributed by atoms with van der Waals surface area (Å²) in [6.45, 7) is 10.2. The van der Waals surface area contributed by atoms with E-state index < -0.39 is 0 Å². The van der Waals surface area contributed by atoms with Gasteiger partial charge in [-0.15, -0.1) is 22.7 Å². The van der Waals surface area contributed by atoms with Crippen molar-refractivity contribution < 1.29 is 14.3 Å². The fourth-order valence-corrected chi connectivity index (χ4v) is 6.08. The summed E-state index contributed by atoms with van der Waals surface area (Å²) in [4.78, 5) is 17.0. The predicted molar refractivity (Wildman–Crippen MR) is 160 cm³/mol. The van der Waals surface area contributed by atoms with Crippen molar-refractivity contribution in [2.75, 3.05) is 6.61 Å². The summed E-state index contributed by atoms with van der Waals surface area (Å²) in [5.41, 5.74) is 1.24. The molecule has 2 heterocycles. The largest absolute Gasteiger partial charge is 0.494 e. The zero-order valence-corrected chi connectivity index (χ0v) is 23.7. The Hall–Kier alpha value is -2.63. The van der Waals surface area contributed by atoms with E-state index in [0.717, 1.165) is 31.6 Å². The lowest BCUT2D eigenvalue weighted by Crippen LogP contribution is -2.12. The number of rotatable bonds is 18. The van der Waals surface area contributed by atoms with Crippen molar-refractivity contribution in [3.05, 3.63) is 78.7 Å². The van der Waals surface area contributed by atoms with Gasteiger partial charge in [0.1, 0.15) is 11.9 Å². The van der Waals surface area contributed by atoms with Gasteiger partial charge < -0.3 is 9.47 Å². The monoisotopic (exact) mass is 536 g/mol. The van der Waals surface area contributed by atoms with Crippen molar-refractivity contribution in [1.29, 1.82) is 0 Å². The van der Waals surface area contributed by atoms with Gasteiger partial charge in [-0.3, -0.25) is 4.79 Å². The van der Waals surface area contributed by atoms with Gasteiger partial charge in [0, 0.05) is 25.9 Å². The normalized spacial score (nSPS) is 11.0. The number of carbonyl (C=O) groups is 1. The number of aryl methyl sites for hydroxylation is 1. The highest BCUT2D eigenvalue weighted by Crippen LogP contribution is 2.37. The van der Waals surface area contributed by atoms with Gasteiger partial charge in [-0.1, -0.05) is 58.1 Å². The van der Waals surface area contributed by atoms with Crippen LogP contribution in [-0.2, 0) is 9.53 Å². The highest BCUT2D eigenvalue weighted by atomic mass is 32.1. The van der Waals surface area contributed by atoms with E-state index in [1.54, 1.807) is 12.2 Å². The van der Waals surface area contributed by atoms with Crippen LogP contribution in [0.4, 0.5) is 0 Å². The second kappa shape index (κ2) is 16.3. The molecule has 0 bridgehead atoms. The SMILES string of the molecule is C=CC(C=C)OC(=O)CCCCCCCCCCCOc1ccc(-c2ccc(-c3ccc(C)s3)s2)cc1. The molecule has 0 aliphatic carbocycles. The standard InChI is InChI=1S/C32H40O3S2/c1-4-27(5-2)35-32(33)15-13-11-9-7-6-8-10-12-14-24-34-28-19-17-26(18-20-28)29-22-23-31(37-29)30-21-16-25(3)36-30/h4-5,16-23,27H,1-2,6-15,24H2,3H3. The maximum absolute atomic E-state index is 11.7. The lowest BCUT2D eigenvalue weighted by atomic mass is 10.1. The Morgan fingerprint density at radius 2 is 1.32 bits per heavy atom. The fraction of sp³-hybridized carbons (Fsp3) is 0.406. The average molecular weight is 537 g/mol. The van der Waals surface area contributed by atoms with Crippen molar-refractivity contribution in [3.8, 4) is 25.9 Å². The van der Waals surface area contributed by atoms with Gasteiger partial charge in [0.15, 0.2) is 0 Å². The smallest absolute Gasteiger partial charge is 0.306 e. The summed E-state index contributed by atoms with van der Waals surface area (Å²) >= 11 is 3.69. The van der Waals surface area contributed by atoms with E-state index >= 15 is 0 Å². The molecule has 0 aliphatic heterocycles. The number of esters is 1. The Labute approximate surface area is 230 Å². The Morgan fingerprint density at radius 3 is 1.95 bits per heavy atom. The van der Waals surface area contributed by atoms with Crippen molar-refractivity contribution in [3.63, 3.8) is 0 Å². The summed E-state index contributed by atoms with van der Waals surface area (Å²) in [5.74, 6) is 0.784. The molecule has 0 saturated carbocycles. The average Bonchev–Trinajstić information content (AvgIpc) is 3.57. The molecule has 0 spiro atoms. The molecule has 3 aromatic rings. The molecule has 0 radical (unpaired) electrons. The maximum Gasteiger partial charge on any atom is 0.306 e. The summed E-state index contributed by atoms with van der Waals surface area (Å²) in [7, 11) is 0. The molecule has 198 valence electrons. The summed E-state index contributed by atoms with van der Waals surface area (Å²) in [6, 6.07) is 17.3. The highest BCUT2D eigenvalue weighted by Gasteiger charge is 2.08. The van der Waals surface area contributed by atoms with E-state index in [-0.39, 0.29) is 12.1 Å². The topological polar surface area (TPSA) is 35.5 Å². The lowest BCUT2D eigenvalue weighted by Gasteiger charge is -2.09. The Kier molecular flexibility index (Phi) is 12.7. The van der Waals surface area contributed by atoms with Crippen LogP contribution in [0.15, 0.2) is 73.8 Å². The molecule has 3 nitrogen and oxygen atoms in total. The van der Waals surface area contributed by atoms with Gasteiger partial charge in [-0.05, 0) is 86.0 Å². The van der Waals surface area contributed by atoms with Gasteiger partial charge in [0.2, 0.25) is 0 Å². The quantitative estimate of drug-likeness (QED) is 0.0921. The first-order valence-electron chi connectivity index (χ1n) is 13.4. The minimum Gasteiger partial charge on any atom is -0.494 e. The Balaban J connectivity index is 1.19. The second-order valence-electron chi connectivity index (χ2n) is 9.30. The lowest BCUT2D eigenvalue weighted by molar-refractivity contribution is -0.145. The van der Waals surface area contributed by atoms with Crippen molar-refractivity contribution in [2.24, 2.45) is 0 Å². The van der Waals surface area contributed by atoms with Gasteiger partial charge in [-0.25, -0.2) is 0 Å². The molecule has 5 heteroatoms. The van der Waals surface area contributed by atoms with Crippen molar-refractivity contribution >= 4 is 28.6 Å². The van der Waals surface area contributed by atoms with E-state index in [1.807, 2.05) is 22.7 Å². The minimum atomic E-state index is -0.370. The number of hydrogen-bond acceptors (Lipinski definition) is 5. The van der Waals surface area contributed by atoms with E-state index in [4.69, 9.17) is 9.47 Å². The number of benzene rings is 1. The fourth-order valence-electron chi connectivity index (χ4n) is 4.11. The van der Waals surface area contributed by atoms with Crippen LogP contribution < -0.4 is 4.74 Å². The van der Waals surface area contributed by atoms with Crippen LogP contribution in [0.2, 0.25) is 0 Å². The Bertz CT molecular complexity index is 1090. The van der Waals surface area contributed by atoms with E-state index in [1.165, 1.54) is 63.6 Å². The van der Waals surface area contributed by atoms with Gasteiger partial charge in [0.05, 0.1) is 6.61 Å². The zero-order chi connectivity index (χ0) is 26.3. The van der Waals surface area contributed by atoms with E-state index in [9.17, 15) is 4.79 Å². The van der Waals surface area contributed by atoms with E-state index in [2.05, 4.69) is 68.6 Å². The first-order chi connectivity index (χ1) is 18.1. The molecule has 0 unspecified atom stereocenters.